The van der Waals surface area contributed by atoms with Gasteiger partial charge in [0.05, 0.1) is 5.84 Å². The van der Waals surface area contributed by atoms with Gasteiger partial charge in [-0.1, -0.05) is 40.7 Å². The zero-order valence-electron chi connectivity index (χ0n) is 9.44. The maximum atomic E-state index is 3.81. The minimum Gasteiger partial charge on any atom is -0.351 e. The van der Waals surface area contributed by atoms with Crippen molar-refractivity contribution in [3.63, 3.8) is 0 Å². The van der Waals surface area contributed by atoms with Crippen molar-refractivity contribution in [3.8, 4) is 0 Å². The first-order valence-corrected chi connectivity index (χ1v) is 4.53. The molecule has 0 fully saturated rings. The molecule has 1 N–H and O–H groups in total. The van der Waals surface area contributed by atoms with Crippen LogP contribution in [0, 0.1) is 0 Å². The first-order chi connectivity index (χ1) is 5.72. The third-order valence-corrected chi connectivity index (χ3v) is 0.646. The van der Waals surface area contributed by atoms with Gasteiger partial charge in [0.1, 0.15) is 0 Å². The van der Waals surface area contributed by atoms with Crippen LogP contribution >= 0.6 is 0 Å². The molecule has 0 unspecified atom stereocenters. The van der Waals surface area contributed by atoms with Crippen molar-refractivity contribution in [2.45, 2.75) is 41.0 Å². The molecular weight excluding hydrogens is 148 g/mol. The molecule has 0 atom stereocenters. The molecule has 0 aromatic heterocycles. The standard InChI is InChI=1S/C5H10N2.C3H8.C2H6/c1-4-7-5(2)6-3;1-3-2;1-2/h4H,1H2,2-3H3,(H,6,7);3H2,1-2H3;1-2H3. The maximum Gasteiger partial charge on any atom is 0.0967 e. The van der Waals surface area contributed by atoms with E-state index in [0.29, 0.717) is 0 Å². The van der Waals surface area contributed by atoms with Gasteiger partial charge < -0.3 is 5.32 Å². The van der Waals surface area contributed by atoms with E-state index in [-0.39, 0.29) is 0 Å². The minimum absolute atomic E-state index is 0.884. The van der Waals surface area contributed by atoms with Crippen LogP contribution in [0.1, 0.15) is 41.0 Å². The SMILES string of the molecule is C=CNC(C)=NC.CC.CCC. The first-order valence-electron chi connectivity index (χ1n) is 4.53. The lowest BCUT2D eigenvalue weighted by atomic mass is 10.6. The van der Waals surface area contributed by atoms with Crippen LogP contribution in [0.3, 0.4) is 0 Å². The van der Waals surface area contributed by atoms with Crippen molar-refractivity contribution in [1.29, 1.82) is 0 Å². The van der Waals surface area contributed by atoms with E-state index in [4.69, 9.17) is 0 Å². The fourth-order valence-electron chi connectivity index (χ4n) is 0.212. The zero-order chi connectivity index (χ0) is 10.4. The molecule has 12 heavy (non-hydrogen) atoms. The number of nitrogens with zero attached hydrogens (tertiary/aromatic N) is 1. The smallest absolute Gasteiger partial charge is 0.0967 e. The molecule has 0 spiro atoms. The van der Waals surface area contributed by atoms with Gasteiger partial charge >= 0.3 is 0 Å². The molecule has 0 amide bonds. The zero-order valence-corrected chi connectivity index (χ0v) is 9.44. The van der Waals surface area contributed by atoms with Crippen LogP contribution in [0.2, 0.25) is 0 Å². The monoisotopic (exact) mass is 172 g/mol. The molecule has 0 aromatic carbocycles. The van der Waals surface area contributed by atoms with Gasteiger partial charge in [0.25, 0.3) is 0 Å². The summed E-state index contributed by atoms with van der Waals surface area (Å²) in [6.07, 6.45) is 2.85. The van der Waals surface area contributed by atoms with Crippen LogP contribution in [0.25, 0.3) is 0 Å². The number of hydrogen-bond acceptors (Lipinski definition) is 1. The first kappa shape index (κ1) is 17.3. The van der Waals surface area contributed by atoms with E-state index in [1.807, 2.05) is 20.8 Å². The Morgan fingerprint density at radius 1 is 1.42 bits per heavy atom. The Bertz CT molecular complexity index is 96.0. The lowest BCUT2D eigenvalue weighted by Gasteiger charge is -1.92. The predicted octanol–water partition coefficient (Wildman–Crippen LogP) is 3.21. The average Bonchev–Trinajstić information content (AvgIpc) is 2.10. The van der Waals surface area contributed by atoms with Crippen LogP contribution in [-0.4, -0.2) is 12.9 Å². The van der Waals surface area contributed by atoms with Crippen LogP contribution in [0.4, 0.5) is 0 Å². The number of hydrogen-bond donors (Lipinski definition) is 1. The maximum absolute atomic E-state index is 3.81. The Kier molecular flexibility index (Phi) is 32.4. The van der Waals surface area contributed by atoms with Gasteiger partial charge in [-0.05, 0) is 13.1 Å². The average molecular weight is 172 g/mol. The van der Waals surface area contributed by atoms with E-state index in [9.17, 15) is 0 Å². The third-order valence-electron chi connectivity index (χ3n) is 0.646. The second-order valence-electron chi connectivity index (χ2n) is 1.86. The molecule has 0 rings (SSSR count). The number of nitrogens with one attached hydrogen (secondary N) is 1. The number of amidine groups is 1. The highest BCUT2D eigenvalue weighted by Gasteiger charge is 1.74. The molecule has 74 valence electrons. The van der Waals surface area contributed by atoms with Gasteiger partial charge in [-0.2, -0.15) is 0 Å². The van der Waals surface area contributed by atoms with Gasteiger partial charge in [-0.25, -0.2) is 0 Å². The molecule has 2 heteroatoms. The number of aliphatic imine (C=N–C) groups is 1. The van der Waals surface area contributed by atoms with Crippen LogP contribution < -0.4 is 5.32 Å². The summed E-state index contributed by atoms with van der Waals surface area (Å²) >= 11 is 0. The molecule has 0 saturated heterocycles. The summed E-state index contributed by atoms with van der Waals surface area (Å²) in [4.78, 5) is 3.81. The van der Waals surface area contributed by atoms with Crippen molar-refractivity contribution in [3.05, 3.63) is 12.8 Å². The fourth-order valence-corrected chi connectivity index (χ4v) is 0.212. The summed E-state index contributed by atoms with van der Waals surface area (Å²) in [6, 6.07) is 0. The van der Waals surface area contributed by atoms with Gasteiger partial charge in [-0.15, -0.1) is 0 Å². The highest BCUT2D eigenvalue weighted by molar-refractivity contribution is 5.80. The summed E-state index contributed by atoms with van der Waals surface area (Å²) < 4.78 is 0. The second-order valence-corrected chi connectivity index (χ2v) is 1.86. The summed E-state index contributed by atoms with van der Waals surface area (Å²) in [5.41, 5.74) is 0. The Morgan fingerprint density at radius 3 is 1.83 bits per heavy atom. The molecule has 0 bridgehead atoms. The number of rotatable bonds is 1. The minimum atomic E-state index is 0.884. The van der Waals surface area contributed by atoms with Crippen molar-refractivity contribution in [2.24, 2.45) is 4.99 Å². The molecular formula is C10H24N2. The summed E-state index contributed by atoms with van der Waals surface area (Å²) in [5, 5.41) is 2.81. The molecule has 0 aliphatic carbocycles. The highest BCUT2D eigenvalue weighted by Crippen LogP contribution is 1.64. The van der Waals surface area contributed by atoms with Crippen molar-refractivity contribution < 1.29 is 0 Å². The van der Waals surface area contributed by atoms with Crippen molar-refractivity contribution in [1.82, 2.24) is 5.32 Å². The predicted molar refractivity (Wildman–Crippen MR) is 59.7 cm³/mol. The van der Waals surface area contributed by atoms with E-state index >= 15 is 0 Å². The fraction of sp³-hybridized carbons (Fsp3) is 0.700. The van der Waals surface area contributed by atoms with Gasteiger partial charge in [0.2, 0.25) is 0 Å². The van der Waals surface area contributed by atoms with Crippen molar-refractivity contribution in [2.75, 3.05) is 7.05 Å². The molecule has 0 saturated carbocycles. The third kappa shape index (κ3) is 35.0. The summed E-state index contributed by atoms with van der Waals surface area (Å²) in [5.74, 6) is 0.884. The Labute approximate surface area is 77.8 Å². The van der Waals surface area contributed by atoms with E-state index in [2.05, 4.69) is 30.7 Å². The normalized spacial score (nSPS) is 8.33. The van der Waals surface area contributed by atoms with E-state index in [0.717, 1.165) is 5.84 Å². The Hall–Kier alpha value is -0.790. The van der Waals surface area contributed by atoms with E-state index < -0.39 is 0 Å². The van der Waals surface area contributed by atoms with Crippen LogP contribution in [-0.2, 0) is 0 Å². The molecule has 0 aromatic rings. The molecule has 0 radical (unpaired) electrons. The molecule has 0 aliphatic heterocycles. The second kappa shape index (κ2) is 22.5. The quantitative estimate of drug-likeness (QED) is 0.476. The van der Waals surface area contributed by atoms with Gasteiger partial charge in [0, 0.05) is 7.05 Å². The van der Waals surface area contributed by atoms with Crippen molar-refractivity contribution >= 4 is 5.84 Å². The summed E-state index contributed by atoms with van der Waals surface area (Å²) in [6.45, 7) is 13.6. The van der Waals surface area contributed by atoms with E-state index in [1.165, 1.54) is 6.42 Å². The molecule has 0 heterocycles. The summed E-state index contributed by atoms with van der Waals surface area (Å²) in [7, 11) is 1.73. The van der Waals surface area contributed by atoms with Gasteiger partial charge in [0.15, 0.2) is 0 Å². The Morgan fingerprint density at radius 2 is 1.75 bits per heavy atom. The lowest BCUT2D eigenvalue weighted by molar-refractivity contribution is 1.09. The molecule has 0 aliphatic rings. The van der Waals surface area contributed by atoms with Gasteiger partial charge in [-0.3, -0.25) is 4.99 Å². The van der Waals surface area contributed by atoms with Crippen LogP contribution in [0.15, 0.2) is 17.8 Å². The Balaban J connectivity index is -0.000000137. The largest absolute Gasteiger partial charge is 0.351 e. The highest BCUT2D eigenvalue weighted by atomic mass is 14.9. The van der Waals surface area contributed by atoms with E-state index in [1.54, 1.807) is 13.2 Å². The van der Waals surface area contributed by atoms with Crippen LogP contribution in [0.5, 0.6) is 0 Å². The topological polar surface area (TPSA) is 24.4 Å². The molecule has 2 nitrogen and oxygen atoms in total. The lowest BCUT2D eigenvalue weighted by Crippen LogP contribution is -2.11.